The molecule has 0 spiro atoms. The molecule has 0 aliphatic heterocycles. The van der Waals surface area contributed by atoms with E-state index in [1.54, 1.807) is 7.11 Å². The first-order valence-electron chi connectivity index (χ1n) is 5.07. The van der Waals surface area contributed by atoms with Crippen molar-refractivity contribution < 1.29 is 9.94 Å². The van der Waals surface area contributed by atoms with E-state index >= 15 is 0 Å². The van der Waals surface area contributed by atoms with E-state index in [0.29, 0.717) is 6.54 Å². The zero-order chi connectivity index (χ0) is 11.3. The number of hydroxylamine groups is 1. The van der Waals surface area contributed by atoms with Crippen LogP contribution in [0.25, 0.3) is 0 Å². The predicted octanol–water partition coefficient (Wildman–Crippen LogP) is 2.13. The van der Waals surface area contributed by atoms with Gasteiger partial charge in [0.15, 0.2) is 0 Å². The molecule has 0 unspecified atom stereocenters. The van der Waals surface area contributed by atoms with Crippen LogP contribution >= 0.6 is 0 Å². The van der Waals surface area contributed by atoms with Crippen LogP contribution < -0.4 is 5.48 Å². The lowest BCUT2D eigenvalue weighted by Crippen LogP contribution is -2.25. The van der Waals surface area contributed by atoms with Crippen molar-refractivity contribution in [2.75, 3.05) is 7.11 Å². The van der Waals surface area contributed by atoms with Gasteiger partial charge < -0.3 is 9.94 Å². The van der Waals surface area contributed by atoms with Crippen LogP contribution in [-0.4, -0.2) is 17.9 Å². The number of methoxy groups -OCH3 is 1. The minimum atomic E-state index is -0.148. The second kappa shape index (κ2) is 5.26. The van der Waals surface area contributed by atoms with E-state index in [2.05, 4.69) is 31.5 Å². The maximum absolute atomic E-state index is 8.61. The predicted molar refractivity (Wildman–Crippen MR) is 59.9 cm³/mol. The monoisotopic (exact) mass is 209 g/mol. The van der Waals surface area contributed by atoms with E-state index in [9.17, 15) is 0 Å². The average Bonchev–Trinajstić information content (AvgIpc) is 2.18. The van der Waals surface area contributed by atoms with Crippen LogP contribution in [0.5, 0.6) is 0 Å². The zero-order valence-corrected chi connectivity index (χ0v) is 9.58. The summed E-state index contributed by atoms with van der Waals surface area (Å²) < 4.78 is 5.38. The van der Waals surface area contributed by atoms with Gasteiger partial charge in [-0.25, -0.2) is 5.48 Å². The van der Waals surface area contributed by atoms with Gasteiger partial charge in [-0.2, -0.15) is 0 Å². The minimum absolute atomic E-state index is 0.148. The van der Waals surface area contributed by atoms with Crippen LogP contribution in [-0.2, 0) is 17.7 Å². The van der Waals surface area contributed by atoms with Gasteiger partial charge in [0, 0.05) is 20.1 Å². The third-order valence-electron chi connectivity index (χ3n) is 2.46. The van der Waals surface area contributed by atoms with Gasteiger partial charge in [-0.3, -0.25) is 0 Å². The van der Waals surface area contributed by atoms with E-state index in [1.165, 1.54) is 5.56 Å². The first-order valence-corrected chi connectivity index (χ1v) is 5.07. The Morgan fingerprint density at radius 3 is 2.60 bits per heavy atom. The summed E-state index contributed by atoms with van der Waals surface area (Å²) in [6.07, 6.45) is 0.864. The number of rotatable bonds is 5. The van der Waals surface area contributed by atoms with E-state index < -0.39 is 0 Å². The fourth-order valence-corrected chi connectivity index (χ4v) is 1.50. The average molecular weight is 209 g/mol. The maximum Gasteiger partial charge on any atom is 0.0662 e. The van der Waals surface area contributed by atoms with Gasteiger partial charge in [0.05, 0.1) is 5.60 Å². The smallest absolute Gasteiger partial charge is 0.0662 e. The lowest BCUT2D eigenvalue weighted by molar-refractivity contribution is 0.0232. The molecule has 0 bridgehead atoms. The molecule has 0 aromatic heterocycles. The molecule has 1 rings (SSSR count). The van der Waals surface area contributed by atoms with Crippen molar-refractivity contribution in [3.05, 3.63) is 35.4 Å². The zero-order valence-electron chi connectivity index (χ0n) is 9.58. The first-order chi connectivity index (χ1) is 7.07. The molecule has 0 aliphatic carbocycles. The summed E-state index contributed by atoms with van der Waals surface area (Å²) in [5.74, 6) is 0. The summed E-state index contributed by atoms with van der Waals surface area (Å²) in [7, 11) is 1.72. The lowest BCUT2D eigenvalue weighted by atomic mass is 9.97. The molecule has 0 amide bonds. The molecule has 0 saturated carbocycles. The largest absolute Gasteiger partial charge is 0.378 e. The van der Waals surface area contributed by atoms with Gasteiger partial charge in [0.25, 0.3) is 0 Å². The number of hydrogen-bond acceptors (Lipinski definition) is 3. The van der Waals surface area contributed by atoms with Gasteiger partial charge in [-0.05, 0) is 25.0 Å². The standard InChI is InChI=1S/C12H19NO2/c1-12(2,15-3)8-10-5-4-6-11(7-10)9-13-14/h4-7,13-14H,8-9H2,1-3H3. The Labute approximate surface area is 91.0 Å². The number of benzene rings is 1. The highest BCUT2D eigenvalue weighted by atomic mass is 16.5. The fraction of sp³-hybridized carbons (Fsp3) is 0.500. The highest BCUT2D eigenvalue weighted by Crippen LogP contribution is 2.16. The van der Waals surface area contributed by atoms with Crippen molar-refractivity contribution in [2.24, 2.45) is 0 Å². The van der Waals surface area contributed by atoms with Crippen LogP contribution in [0.2, 0.25) is 0 Å². The summed E-state index contributed by atoms with van der Waals surface area (Å²) in [6, 6.07) is 8.12. The van der Waals surface area contributed by atoms with Crippen molar-refractivity contribution >= 4 is 0 Å². The van der Waals surface area contributed by atoms with E-state index in [0.717, 1.165) is 12.0 Å². The Hall–Kier alpha value is -0.900. The van der Waals surface area contributed by atoms with Gasteiger partial charge in [0.1, 0.15) is 0 Å². The third kappa shape index (κ3) is 4.00. The lowest BCUT2D eigenvalue weighted by Gasteiger charge is -2.23. The molecule has 1 aromatic carbocycles. The molecule has 1 aromatic rings. The minimum Gasteiger partial charge on any atom is -0.378 e. The van der Waals surface area contributed by atoms with Crippen LogP contribution in [0.3, 0.4) is 0 Å². The van der Waals surface area contributed by atoms with Gasteiger partial charge in [-0.1, -0.05) is 24.3 Å². The molecule has 0 radical (unpaired) electrons. The Balaban J connectivity index is 2.73. The first kappa shape index (κ1) is 12.2. The Kier molecular flexibility index (Phi) is 4.27. The summed E-state index contributed by atoms with van der Waals surface area (Å²) in [5, 5.41) is 8.61. The summed E-state index contributed by atoms with van der Waals surface area (Å²) in [6.45, 7) is 4.59. The summed E-state index contributed by atoms with van der Waals surface area (Å²) >= 11 is 0. The second-order valence-electron chi connectivity index (χ2n) is 4.30. The molecule has 2 N–H and O–H groups in total. The number of ether oxygens (including phenoxy) is 1. The van der Waals surface area contributed by atoms with Crippen molar-refractivity contribution in [3.8, 4) is 0 Å². The molecule has 3 heteroatoms. The third-order valence-corrected chi connectivity index (χ3v) is 2.46. The molecule has 0 atom stereocenters. The van der Waals surface area contributed by atoms with Crippen molar-refractivity contribution in [3.63, 3.8) is 0 Å². The Morgan fingerprint density at radius 1 is 1.33 bits per heavy atom. The quantitative estimate of drug-likeness (QED) is 0.730. The normalized spacial score (nSPS) is 11.7. The van der Waals surface area contributed by atoms with Crippen LogP contribution in [0.4, 0.5) is 0 Å². The molecule has 3 nitrogen and oxygen atoms in total. The molecular weight excluding hydrogens is 190 g/mol. The highest BCUT2D eigenvalue weighted by molar-refractivity contribution is 5.24. The topological polar surface area (TPSA) is 41.5 Å². The van der Waals surface area contributed by atoms with Crippen LogP contribution in [0.15, 0.2) is 24.3 Å². The van der Waals surface area contributed by atoms with Crippen LogP contribution in [0, 0.1) is 0 Å². The van der Waals surface area contributed by atoms with Gasteiger partial charge in [-0.15, -0.1) is 0 Å². The summed E-state index contributed by atoms with van der Waals surface area (Å²) in [4.78, 5) is 0. The number of hydrogen-bond donors (Lipinski definition) is 2. The van der Waals surface area contributed by atoms with Crippen LogP contribution in [0.1, 0.15) is 25.0 Å². The fourth-order valence-electron chi connectivity index (χ4n) is 1.50. The molecule has 0 fully saturated rings. The van der Waals surface area contributed by atoms with Crippen molar-refractivity contribution in [1.29, 1.82) is 0 Å². The Morgan fingerprint density at radius 2 is 2.00 bits per heavy atom. The molecule has 0 saturated heterocycles. The Bertz CT molecular complexity index is 310. The SMILES string of the molecule is COC(C)(C)Cc1cccc(CNO)c1. The van der Waals surface area contributed by atoms with Gasteiger partial charge in [0.2, 0.25) is 0 Å². The van der Waals surface area contributed by atoms with E-state index in [1.807, 2.05) is 12.1 Å². The van der Waals surface area contributed by atoms with E-state index in [4.69, 9.17) is 9.94 Å². The molecule has 0 aliphatic rings. The van der Waals surface area contributed by atoms with Crippen molar-refractivity contribution in [1.82, 2.24) is 5.48 Å². The highest BCUT2D eigenvalue weighted by Gasteiger charge is 2.16. The molecule has 15 heavy (non-hydrogen) atoms. The maximum atomic E-state index is 8.61. The van der Waals surface area contributed by atoms with E-state index in [-0.39, 0.29) is 5.60 Å². The molecule has 0 heterocycles. The summed E-state index contributed by atoms with van der Waals surface area (Å²) in [5.41, 5.74) is 4.30. The second-order valence-corrected chi connectivity index (χ2v) is 4.30. The van der Waals surface area contributed by atoms with Gasteiger partial charge >= 0.3 is 0 Å². The number of nitrogens with one attached hydrogen (secondary N) is 1. The van der Waals surface area contributed by atoms with Crippen molar-refractivity contribution in [2.45, 2.75) is 32.4 Å². The molecular formula is C12H19NO2. The molecule has 84 valence electrons.